The van der Waals surface area contributed by atoms with Crippen LogP contribution in [-0.2, 0) is 12.1 Å². The van der Waals surface area contributed by atoms with Crippen LogP contribution in [0.2, 0.25) is 0 Å². The minimum absolute atomic E-state index is 0.00490. The Morgan fingerprint density at radius 1 is 1.03 bits per heavy atom. The number of aromatic nitrogens is 5. The van der Waals surface area contributed by atoms with Gasteiger partial charge in [0.1, 0.15) is 6.33 Å². The quantitative estimate of drug-likeness (QED) is 0.696. The summed E-state index contributed by atoms with van der Waals surface area (Å²) in [5.74, 6) is 1.65. The molecule has 182 valence electrons. The Morgan fingerprint density at radius 2 is 1.71 bits per heavy atom. The fraction of sp³-hybridized carbons (Fsp3) is 0.760. The van der Waals surface area contributed by atoms with Gasteiger partial charge in [-0.25, -0.2) is 14.5 Å². The summed E-state index contributed by atoms with van der Waals surface area (Å²) < 4.78 is 4.22. The Morgan fingerprint density at radius 3 is 2.35 bits per heavy atom. The van der Waals surface area contributed by atoms with Crippen LogP contribution in [0.3, 0.4) is 0 Å². The molecule has 5 aliphatic rings. The van der Waals surface area contributed by atoms with Gasteiger partial charge in [0.25, 0.3) is 0 Å². The van der Waals surface area contributed by atoms with E-state index in [2.05, 4.69) is 61.0 Å². The van der Waals surface area contributed by atoms with Crippen molar-refractivity contribution in [2.75, 3.05) is 39.3 Å². The van der Waals surface area contributed by atoms with E-state index in [9.17, 15) is 4.79 Å². The molecule has 34 heavy (non-hydrogen) atoms. The molecule has 3 saturated heterocycles. The lowest BCUT2D eigenvalue weighted by atomic mass is 9.60. The van der Waals surface area contributed by atoms with Crippen molar-refractivity contribution in [3.8, 4) is 0 Å². The van der Waals surface area contributed by atoms with Crippen molar-refractivity contribution in [1.82, 2.24) is 39.2 Å². The van der Waals surface area contributed by atoms with Crippen LogP contribution in [0.25, 0.3) is 0 Å². The van der Waals surface area contributed by atoms with Crippen LogP contribution in [-0.4, -0.2) is 84.5 Å². The van der Waals surface area contributed by atoms with Gasteiger partial charge in [-0.3, -0.25) is 9.58 Å². The van der Waals surface area contributed by atoms with Crippen LogP contribution >= 0.6 is 0 Å². The maximum atomic E-state index is 13.0. The van der Waals surface area contributed by atoms with Gasteiger partial charge in [0.15, 0.2) is 5.82 Å². The molecule has 5 heterocycles. The van der Waals surface area contributed by atoms with Gasteiger partial charge < -0.3 is 9.80 Å². The SMILES string of the molecule is CC(C)(C)n1nccc1CN1CC2(C1)CN(C(=O)N1CC3(CC(n4cnc(C5CC5)n4)C3)C1)C2. The van der Waals surface area contributed by atoms with Crippen LogP contribution in [0.5, 0.6) is 0 Å². The van der Waals surface area contributed by atoms with Gasteiger partial charge in [-0.1, -0.05) is 0 Å². The largest absolute Gasteiger partial charge is 0.323 e. The van der Waals surface area contributed by atoms with Crippen LogP contribution in [0.1, 0.15) is 69.9 Å². The standard InChI is InChI=1S/C25H36N8O/c1-23(2,3)33-19(6-7-27-33)10-29-11-25(12-29)15-31(16-25)22(34)30-13-24(14-30)8-20(9-24)32-17-26-21(28-32)18-4-5-18/h6-7,17-18,20H,4-5,8-16H2,1-3H3. The number of hydrogen-bond acceptors (Lipinski definition) is 5. The van der Waals surface area contributed by atoms with E-state index in [4.69, 9.17) is 5.10 Å². The van der Waals surface area contributed by atoms with Crippen LogP contribution in [0.4, 0.5) is 4.79 Å². The predicted octanol–water partition coefficient (Wildman–Crippen LogP) is 2.68. The second-order valence-electron chi connectivity index (χ2n) is 13.0. The summed E-state index contributed by atoms with van der Waals surface area (Å²) in [5, 5.41) is 9.23. The highest BCUT2D eigenvalue weighted by molar-refractivity contribution is 5.77. The third-order valence-electron chi connectivity index (χ3n) is 8.69. The average Bonchev–Trinajstić information content (AvgIpc) is 3.19. The molecule has 2 amide bonds. The summed E-state index contributed by atoms with van der Waals surface area (Å²) in [6.45, 7) is 13.3. The van der Waals surface area contributed by atoms with E-state index >= 15 is 0 Å². The molecule has 0 atom stereocenters. The lowest BCUT2D eigenvalue weighted by molar-refractivity contribution is -0.120. The zero-order valence-electron chi connectivity index (χ0n) is 20.7. The molecular weight excluding hydrogens is 428 g/mol. The van der Waals surface area contributed by atoms with Crippen molar-refractivity contribution in [3.05, 3.63) is 30.1 Å². The molecule has 2 saturated carbocycles. The average molecular weight is 465 g/mol. The molecule has 0 unspecified atom stereocenters. The smallest absolute Gasteiger partial charge is 0.320 e. The number of urea groups is 1. The van der Waals surface area contributed by atoms with Crippen LogP contribution in [0.15, 0.2) is 18.6 Å². The molecule has 2 aromatic heterocycles. The number of likely N-dealkylation sites (tertiary alicyclic amines) is 3. The highest BCUT2D eigenvalue weighted by Crippen LogP contribution is 2.54. The number of amides is 2. The summed E-state index contributed by atoms with van der Waals surface area (Å²) in [6.07, 6.45) is 8.58. The molecule has 2 aromatic rings. The van der Waals surface area contributed by atoms with E-state index in [1.54, 1.807) is 0 Å². The number of hydrogen-bond donors (Lipinski definition) is 0. The van der Waals surface area contributed by atoms with Gasteiger partial charge in [-0.15, -0.1) is 0 Å². The zero-order valence-corrected chi connectivity index (χ0v) is 20.7. The number of carbonyl (C=O) groups is 1. The van der Waals surface area contributed by atoms with Gasteiger partial charge >= 0.3 is 6.03 Å². The van der Waals surface area contributed by atoms with Gasteiger partial charge in [0, 0.05) is 68.8 Å². The first-order valence-electron chi connectivity index (χ1n) is 12.9. The number of carbonyl (C=O) groups excluding carboxylic acids is 1. The van der Waals surface area contributed by atoms with Gasteiger partial charge in [-0.05, 0) is 52.5 Å². The normalized spacial score (nSPS) is 25.7. The molecule has 0 N–H and O–H groups in total. The molecule has 2 spiro atoms. The van der Waals surface area contributed by atoms with Crippen LogP contribution < -0.4 is 0 Å². The first kappa shape index (κ1) is 20.9. The predicted molar refractivity (Wildman–Crippen MR) is 126 cm³/mol. The first-order valence-corrected chi connectivity index (χ1v) is 12.9. The molecule has 0 radical (unpaired) electrons. The van der Waals surface area contributed by atoms with E-state index in [1.165, 1.54) is 18.5 Å². The Kier molecular flexibility index (Phi) is 4.20. The molecule has 2 aliphatic carbocycles. The van der Waals surface area contributed by atoms with Crippen molar-refractivity contribution in [2.45, 2.75) is 70.5 Å². The second-order valence-corrected chi connectivity index (χ2v) is 13.0. The molecule has 5 fully saturated rings. The molecule has 3 aliphatic heterocycles. The van der Waals surface area contributed by atoms with Crippen molar-refractivity contribution in [2.24, 2.45) is 10.8 Å². The second kappa shape index (κ2) is 6.83. The maximum absolute atomic E-state index is 13.0. The lowest BCUT2D eigenvalue weighted by Crippen LogP contribution is -2.75. The monoisotopic (exact) mass is 464 g/mol. The molecule has 9 nitrogen and oxygen atoms in total. The number of rotatable bonds is 4. The summed E-state index contributed by atoms with van der Waals surface area (Å²) in [4.78, 5) is 24.1. The van der Waals surface area contributed by atoms with E-state index < -0.39 is 0 Å². The summed E-state index contributed by atoms with van der Waals surface area (Å²) in [7, 11) is 0. The highest BCUT2D eigenvalue weighted by Gasteiger charge is 2.58. The van der Waals surface area contributed by atoms with E-state index in [-0.39, 0.29) is 11.6 Å². The maximum Gasteiger partial charge on any atom is 0.320 e. The van der Waals surface area contributed by atoms with E-state index in [0.717, 1.165) is 64.5 Å². The molecule has 0 aromatic carbocycles. The van der Waals surface area contributed by atoms with Crippen LogP contribution in [0, 0.1) is 10.8 Å². The third kappa shape index (κ3) is 3.30. The fourth-order valence-corrected chi connectivity index (χ4v) is 6.87. The number of nitrogens with zero attached hydrogens (tertiary/aromatic N) is 8. The molecule has 0 bridgehead atoms. The Balaban J connectivity index is 0.856. The Bertz CT molecular complexity index is 1100. The lowest BCUT2D eigenvalue weighted by Gasteiger charge is -2.63. The van der Waals surface area contributed by atoms with Gasteiger partial charge in [0.2, 0.25) is 0 Å². The Hall–Kier alpha value is -2.42. The topological polar surface area (TPSA) is 75.3 Å². The zero-order chi connectivity index (χ0) is 23.3. The third-order valence-corrected chi connectivity index (χ3v) is 8.69. The molecular formula is C25H36N8O. The Labute approximate surface area is 201 Å². The first-order chi connectivity index (χ1) is 16.2. The van der Waals surface area contributed by atoms with Crippen molar-refractivity contribution in [3.63, 3.8) is 0 Å². The summed E-state index contributed by atoms with van der Waals surface area (Å²) in [5.41, 5.74) is 1.93. The van der Waals surface area contributed by atoms with Gasteiger partial charge in [-0.2, -0.15) is 10.2 Å². The minimum Gasteiger partial charge on any atom is -0.323 e. The summed E-state index contributed by atoms with van der Waals surface area (Å²) in [6, 6.07) is 2.85. The van der Waals surface area contributed by atoms with E-state index in [0.29, 0.717) is 22.8 Å². The molecule has 9 heteroatoms. The summed E-state index contributed by atoms with van der Waals surface area (Å²) >= 11 is 0. The van der Waals surface area contributed by atoms with Gasteiger partial charge in [0.05, 0.1) is 17.3 Å². The van der Waals surface area contributed by atoms with Crippen molar-refractivity contribution < 1.29 is 4.79 Å². The minimum atomic E-state index is 0.00490. The highest BCUT2D eigenvalue weighted by atomic mass is 16.2. The van der Waals surface area contributed by atoms with Crippen molar-refractivity contribution in [1.29, 1.82) is 0 Å². The van der Waals surface area contributed by atoms with Crippen molar-refractivity contribution >= 4 is 6.03 Å². The van der Waals surface area contributed by atoms with E-state index in [1.807, 2.05) is 12.5 Å². The fourth-order valence-electron chi connectivity index (χ4n) is 6.87. The molecule has 7 rings (SSSR count).